The van der Waals surface area contributed by atoms with E-state index in [1.54, 1.807) is 19.2 Å². The molecular weight excluding hydrogens is 222 g/mol. The van der Waals surface area contributed by atoms with Crippen LogP contribution in [-0.4, -0.2) is 16.1 Å². The fourth-order valence-electron chi connectivity index (χ4n) is 1.26. The van der Waals surface area contributed by atoms with Gasteiger partial charge in [-0.05, 0) is 25.1 Å². The molecule has 0 amide bonds. The number of rotatable bonds is 3. The summed E-state index contributed by atoms with van der Waals surface area (Å²) in [7, 11) is 0. The molecule has 0 radical (unpaired) electrons. The van der Waals surface area contributed by atoms with Crippen molar-refractivity contribution in [1.82, 2.24) is 4.98 Å². The van der Waals surface area contributed by atoms with Crippen LogP contribution in [0.5, 0.6) is 5.75 Å². The standard InChI is InChI=1S/C12H11NO4/c1-8-10(14)5-9(6-13-8)7-17-12(15)11-3-2-4-16-11/h2-6,14H,7H2,1H3. The maximum Gasteiger partial charge on any atom is 0.374 e. The van der Waals surface area contributed by atoms with Gasteiger partial charge in [0.15, 0.2) is 0 Å². The highest BCUT2D eigenvalue weighted by molar-refractivity contribution is 5.86. The summed E-state index contributed by atoms with van der Waals surface area (Å²) >= 11 is 0. The molecule has 0 aliphatic carbocycles. The van der Waals surface area contributed by atoms with Gasteiger partial charge in [-0.25, -0.2) is 4.79 Å². The van der Waals surface area contributed by atoms with E-state index >= 15 is 0 Å². The number of aromatic nitrogens is 1. The van der Waals surface area contributed by atoms with E-state index in [4.69, 9.17) is 9.15 Å². The summed E-state index contributed by atoms with van der Waals surface area (Å²) < 4.78 is 9.87. The van der Waals surface area contributed by atoms with Crippen LogP contribution < -0.4 is 0 Å². The molecule has 0 spiro atoms. The first-order valence-corrected chi connectivity index (χ1v) is 5.02. The van der Waals surface area contributed by atoms with Gasteiger partial charge in [-0.1, -0.05) is 0 Å². The number of ether oxygens (including phenoxy) is 1. The normalized spacial score (nSPS) is 10.2. The van der Waals surface area contributed by atoms with Gasteiger partial charge in [0.05, 0.1) is 12.0 Å². The molecule has 88 valence electrons. The minimum absolute atomic E-state index is 0.0420. The first-order chi connectivity index (χ1) is 8.16. The van der Waals surface area contributed by atoms with Crippen LogP contribution in [0, 0.1) is 6.92 Å². The number of hydrogen-bond acceptors (Lipinski definition) is 5. The van der Waals surface area contributed by atoms with Crippen molar-refractivity contribution in [2.75, 3.05) is 0 Å². The third-order valence-electron chi connectivity index (χ3n) is 2.21. The van der Waals surface area contributed by atoms with E-state index in [-0.39, 0.29) is 18.1 Å². The molecule has 2 rings (SSSR count). The van der Waals surface area contributed by atoms with Crippen LogP contribution in [0.25, 0.3) is 0 Å². The monoisotopic (exact) mass is 233 g/mol. The van der Waals surface area contributed by atoms with Crippen LogP contribution >= 0.6 is 0 Å². The molecule has 0 aliphatic heterocycles. The number of carbonyl (C=O) groups is 1. The average molecular weight is 233 g/mol. The minimum Gasteiger partial charge on any atom is -0.506 e. The first-order valence-electron chi connectivity index (χ1n) is 5.02. The molecule has 5 heteroatoms. The highest BCUT2D eigenvalue weighted by atomic mass is 16.5. The molecule has 0 aromatic carbocycles. The molecule has 5 nitrogen and oxygen atoms in total. The van der Waals surface area contributed by atoms with Crippen LogP contribution in [0.2, 0.25) is 0 Å². The molecule has 0 unspecified atom stereocenters. The summed E-state index contributed by atoms with van der Waals surface area (Å²) in [6.07, 6.45) is 2.94. The van der Waals surface area contributed by atoms with Crippen LogP contribution in [0.4, 0.5) is 0 Å². The van der Waals surface area contributed by atoms with E-state index in [1.807, 2.05) is 0 Å². The fraction of sp³-hybridized carbons (Fsp3) is 0.167. The van der Waals surface area contributed by atoms with Gasteiger partial charge in [-0.3, -0.25) is 4.98 Å². The molecule has 0 saturated heterocycles. The number of nitrogens with zero attached hydrogens (tertiary/aromatic N) is 1. The van der Waals surface area contributed by atoms with Crippen molar-refractivity contribution < 1.29 is 19.1 Å². The third kappa shape index (κ3) is 2.63. The average Bonchev–Trinajstić information content (AvgIpc) is 2.84. The topological polar surface area (TPSA) is 72.6 Å². The van der Waals surface area contributed by atoms with Crippen molar-refractivity contribution in [3.63, 3.8) is 0 Å². The van der Waals surface area contributed by atoms with Crippen molar-refractivity contribution in [3.05, 3.63) is 47.7 Å². The summed E-state index contributed by atoms with van der Waals surface area (Å²) in [5, 5.41) is 9.43. The number of esters is 1. The van der Waals surface area contributed by atoms with Crippen molar-refractivity contribution in [2.24, 2.45) is 0 Å². The number of pyridine rings is 1. The zero-order valence-electron chi connectivity index (χ0n) is 9.21. The highest BCUT2D eigenvalue weighted by Crippen LogP contribution is 2.15. The lowest BCUT2D eigenvalue weighted by molar-refractivity contribution is 0.0435. The second kappa shape index (κ2) is 4.69. The Balaban J connectivity index is 1.98. The predicted octanol–water partition coefficient (Wildman–Crippen LogP) is 2.05. The van der Waals surface area contributed by atoms with Crippen molar-refractivity contribution in [3.8, 4) is 5.75 Å². The smallest absolute Gasteiger partial charge is 0.374 e. The minimum atomic E-state index is -0.546. The molecule has 17 heavy (non-hydrogen) atoms. The molecule has 0 bridgehead atoms. The lowest BCUT2D eigenvalue weighted by Crippen LogP contribution is -2.04. The fourth-order valence-corrected chi connectivity index (χ4v) is 1.26. The lowest BCUT2D eigenvalue weighted by atomic mass is 10.2. The number of hydrogen-bond donors (Lipinski definition) is 1. The number of furan rings is 1. The Morgan fingerprint density at radius 2 is 2.41 bits per heavy atom. The van der Waals surface area contributed by atoms with Crippen molar-refractivity contribution in [2.45, 2.75) is 13.5 Å². The summed E-state index contributed by atoms with van der Waals surface area (Å²) in [4.78, 5) is 15.4. The first kappa shape index (κ1) is 11.2. The number of carbonyl (C=O) groups excluding carboxylic acids is 1. The summed E-state index contributed by atoms with van der Waals surface area (Å²) in [6.45, 7) is 1.73. The van der Waals surface area contributed by atoms with E-state index in [1.165, 1.54) is 18.4 Å². The highest BCUT2D eigenvalue weighted by Gasteiger charge is 2.10. The third-order valence-corrected chi connectivity index (χ3v) is 2.21. The molecular formula is C12H11NO4. The Morgan fingerprint density at radius 1 is 1.59 bits per heavy atom. The van der Waals surface area contributed by atoms with Gasteiger partial charge < -0.3 is 14.3 Å². The second-order valence-electron chi connectivity index (χ2n) is 3.50. The van der Waals surface area contributed by atoms with Gasteiger partial charge in [0.25, 0.3) is 0 Å². The van der Waals surface area contributed by atoms with Gasteiger partial charge in [-0.2, -0.15) is 0 Å². The molecule has 1 N–H and O–H groups in total. The number of aryl methyl sites for hydroxylation is 1. The van der Waals surface area contributed by atoms with Gasteiger partial charge in [0.2, 0.25) is 5.76 Å². The van der Waals surface area contributed by atoms with Gasteiger partial charge in [0, 0.05) is 11.8 Å². The van der Waals surface area contributed by atoms with Crippen LogP contribution in [0.1, 0.15) is 21.8 Å². The van der Waals surface area contributed by atoms with Gasteiger partial charge >= 0.3 is 5.97 Å². The molecule has 2 aromatic heterocycles. The summed E-state index contributed by atoms with van der Waals surface area (Å²) in [5.74, 6) is -0.319. The summed E-state index contributed by atoms with van der Waals surface area (Å²) in [5.41, 5.74) is 1.15. The Hall–Kier alpha value is -2.30. The SMILES string of the molecule is Cc1ncc(COC(=O)c2ccco2)cc1O. The lowest BCUT2D eigenvalue weighted by Gasteiger charge is -2.04. The largest absolute Gasteiger partial charge is 0.506 e. The maximum atomic E-state index is 11.4. The van der Waals surface area contributed by atoms with Crippen molar-refractivity contribution in [1.29, 1.82) is 0 Å². The maximum absolute atomic E-state index is 11.4. The molecule has 0 aliphatic rings. The molecule has 2 heterocycles. The zero-order valence-corrected chi connectivity index (χ0v) is 9.21. The van der Waals surface area contributed by atoms with Crippen LogP contribution in [-0.2, 0) is 11.3 Å². The predicted molar refractivity (Wildman–Crippen MR) is 58.5 cm³/mol. The quantitative estimate of drug-likeness (QED) is 0.821. The van der Waals surface area contributed by atoms with E-state index in [2.05, 4.69) is 4.98 Å². The Bertz CT molecular complexity index is 519. The second-order valence-corrected chi connectivity index (χ2v) is 3.50. The molecule has 0 saturated carbocycles. The molecule has 0 fully saturated rings. The van der Waals surface area contributed by atoms with Gasteiger partial charge in [0.1, 0.15) is 12.4 Å². The van der Waals surface area contributed by atoms with Crippen LogP contribution in [0.3, 0.4) is 0 Å². The summed E-state index contributed by atoms with van der Waals surface area (Å²) in [6, 6.07) is 4.64. The van der Waals surface area contributed by atoms with E-state index in [0.717, 1.165) is 0 Å². The Morgan fingerprint density at radius 3 is 3.06 bits per heavy atom. The van der Waals surface area contributed by atoms with E-state index in [9.17, 15) is 9.90 Å². The Kier molecular flexibility index (Phi) is 3.09. The van der Waals surface area contributed by atoms with E-state index < -0.39 is 5.97 Å². The molecule has 0 atom stereocenters. The van der Waals surface area contributed by atoms with Crippen molar-refractivity contribution >= 4 is 5.97 Å². The van der Waals surface area contributed by atoms with Crippen LogP contribution in [0.15, 0.2) is 35.1 Å². The molecule has 2 aromatic rings. The zero-order chi connectivity index (χ0) is 12.3. The van der Waals surface area contributed by atoms with E-state index in [0.29, 0.717) is 11.3 Å². The van der Waals surface area contributed by atoms with Gasteiger partial charge in [-0.15, -0.1) is 0 Å². The Labute approximate surface area is 97.7 Å². The number of aromatic hydroxyl groups is 1.